The van der Waals surface area contributed by atoms with E-state index in [2.05, 4.69) is 42.9 Å². The number of hydrazone groups is 1. The van der Waals surface area contributed by atoms with Gasteiger partial charge in [-0.25, -0.2) is 4.98 Å². The van der Waals surface area contributed by atoms with Gasteiger partial charge in [-0.2, -0.15) is 10.1 Å². The Morgan fingerprint density at radius 1 is 1.33 bits per heavy atom. The summed E-state index contributed by atoms with van der Waals surface area (Å²) in [6.07, 6.45) is 12.0. The monoisotopic (exact) mass is 412 g/mol. The Morgan fingerprint density at radius 2 is 2.13 bits per heavy atom. The lowest BCUT2D eigenvalue weighted by molar-refractivity contribution is 0.0268. The van der Waals surface area contributed by atoms with Crippen LogP contribution in [0.15, 0.2) is 47.4 Å². The lowest BCUT2D eigenvalue weighted by Gasteiger charge is -2.27. The molecule has 3 aliphatic rings. The van der Waals surface area contributed by atoms with Crippen LogP contribution in [-0.4, -0.2) is 65.8 Å². The summed E-state index contributed by atoms with van der Waals surface area (Å²) in [5.41, 5.74) is 3.77. The van der Waals surface area contributed by atoms with Crippen LogP contribution in [0.2, 0.25) is 0 Å². The van der Waals surface area contributed by atoms with Crippen LogP contribution in [-0.2, 0) is 4.74 Å². The maximum atomic E-state index is 9.97. The van der Waals surface area contributed by atoms with Crippen molar-refractivity contribution in [2.24, 2.45) is 11.0 Å². The molecule has 2 unspecified atom stereocenters. The second kappa shape index (κ2) is 8.85. The molecular weight excluding hydrogens is 384 g/mol. The highest BCUT2D eigenvalue weighted by atomic mass is 16.5. The number of aliphatic hydroxyl groups is 1. The first-order chi connectivity index (χ1) is 14.5. The lowest BCUT2D eigenvalue weighted by Crippen LogP contribution is -2.37. The van der Waals surface area contributed by atoms with E-state index < -0.39 is 5.60 Å². The number of anilines is 1. The fourth-order valence-corrected chi connectivity index (χ4v) is 3.35. The van der Waals surface area contributed by atoms with Gasteiger partial charge in [0.1, 0.15) is 6.61 Å². The molecule has 160 valence electrons. The van der Waals surface area contributed by atoms with Crippen LogP contribution in [0.25, 0.3) is 0 Å². The van der Waals surface area contributed by atoms with Gasteiger partial charge < -0.3 is 24.8 Å². The summed E-state index contributed by atoms with van der Waals surface area (Å²) < 4.78 is 11.1. The highest BCUT2D eigenvalue weighted by Crippen LogP contribution is 2.24. The molecule has 0 radical (unpaired) electrons. The highest BCUT2D eigenvalue weighted by molar-refractivity contribution is 5.77. The maximum Gasteiger partial charge on any atom is 0.229 e. The van der Waals surface area contributed by atoms with Crippen molar-refractivity contribution in [3.05, 3.63) is 48.0 Å². The zero-order valence-corrected chi connectivity index (χ0v) is 17.3. The van der Waals surface area contributed by atoms with Crippen LogP contribution in [0.4, 0.5) is 5.95 Å². The molecule has 4 rings (SSSR count). The topological polar surface area (TPSA) is 104 Å². The average molecular weight is 412 g/mol. The van der Waals surface area contributed by atoms with Crippen LogP contribution in [0, 0.1) is 5.92 Å². The molecular formula is C21H28N6O3. The number of hydrogen-bond acceptors (Lipinski definition) is 9. The first-order valence-corrected chi connectivity index (χ1v) is 10.2. The van der Waals surface area contributed by atoms with E-state index in [0.29, 0.717) is 43.8 Å². The molecule has 1 fully saturated rings. The van der Waals surface area contributed by atoms with Crippen LogP contribution in [0.3, 0.4) is 0 Å². The zero-order valence-electron chi connectivity index (χ0n) is 17.3. The Kier molecular flexibility index (Phi) is 6.01. The lowest BCUT2D eigenvalue weighted by atomic mass is 9.95. The molecule has 2 atom stereocenters. The second-order valence-electron chi connectivity index (χ2n) is 8.09. The SMILES string of the molecule is CC(C)(O)COc1cc(/C=N/NC2=CNC3C=CC=CC23)nc(N2CCOCC2)n1. The molecule has 1 saturated heterocycles. The second-order valence-corrected chi connectivity index (χ2v) is 8.09. The molecule has 9 heteroatoms. The maximum absolute atomic E-state index is 9.97. The molecule has 3 N–H and O–H groups in total. The molecule has 0 bridgehead atoms. The molecule has 0 amide bonds. The van der Waals surface area contributed by atoms with Gasteiger partial charge >= 0.3 is 0 Å². The van der Waals surface area contributed by atoms with Crippen molar-refractivity contribution in [1.82, 2.24) is 20.7 Å². The number of hydrogen-bond donors (Lipinski definition) is 3. The Balaban J connectivity index is 1.48. The van der Waals surface area contributed by atoms with E-state index in [0.717, 1.165) is 5.70 Å². The molecule has 3 heterocycles. The number of allylic oxidation sites excluding steroid dienone is 2. The Labute approximate surface area is 176 Å². The van der Waals surface area contributed by atoms with E-state index in [4.69, 9.17) is 9.47 Å². The smallest absolute Gasteiger partial charge is 0.229 e. The Morgan fingerprint density at radius 3 is 2.93 bits per heavy atom. The van der Waals surface area contributed by atoms with Gasteiger partial charge in [0, 0.05) is 31.3 Å². The number of morpholine rings is 1. The van der Waals surface area contributed by atoms with Crippen molar-refractivity contribution in [2.45, 2.75) is 25.5 Å². The minimum Gasteiger partial charge on any atom is -0.474 e. The van der Waals surface area contributed by atoms with E-state index >= 15 is 0 Å². The number of rotatable bonds is 7. The number of fused-ring (bicyclic) bond motifs is 1. The van der Waals surface area contributed by atoms with Gasteiger partial charge in [-0.3, -0.25) is 5.43 Å². The van der Waals surface area contributed by atoms with Crippen molar-refractivity contribution in [3.8, 4) is 5.88 Å². The average Bonchev–Trinajstić information content (AvgIpc) is 3.16. The van der Waals surface area contributed by atoms with E-state index in [-0.39, 0.29) is 18.6 Å². The summed E-state index contributed by atoms with van der Waals surface area (Å²) in [5.74, 6) is 1.21. The third-order valence-electron chi connectivity index (χ3n) is 4.89. The normalized spacial score (nSPS) is 23.3. The molecule has 0 saturated carbocycles. The fourth-order valence-electron chi connectivity index (χ4n) is 3.35. The zero-order chi connectivity index (χ0) is 21.0. The predicted molar refractivity (Wildman–Crippen MR) is 114 cm³/mol. The predicted octanol–water partition coefficient (Wildman–Crippen LogP) is 0.942. The minimum absolute atomic E-state index is 0.128. The van der Waals surface area contributed by atoms with Crippen LogP contribution in [0.1, 0.15) is 19.5 Å². The van der Waals surface area contributed by atoms with E-state index in [9.17, 15) is 5.11 Å². The molecule has 1 aliphatic carbocycles. The first-order valence-electron chi connectivity index (χ1n) is 10.2. The van der Waals surface area contributed by atoms with Crippen LogP contribution >= 0.6 is 0 Å². The van der Waals surface area contributed by atoms with Gasteiger partial charge in [0.05, 0.1) is 42.5 Å². The van der Waals surface area contributed by atoms with E-state index in [1.165, 1.54) is 0 Å². The van der Waals surface area contributed by atoms with E-state index in [1.807, 2.05) is 18.4 Å². The summed E-state index contributed by atoms with van der Waals surface area (Å²) >= 11 is 0. The first kappa shape index (κ1) is 20.4. The molecule has 0 aromatic carbocycles. The van der Waals surface area contributed by atoms with Gasteiger partial charge in [-0.15, -0.1) is 0 Å². The third-order valence-corrected chi connectivity index (χ3v) is 4.89. The Hall–Kier alpha value is -2.91. The van der Waals surface area contributed by atoms with Crippen molar-refractivity contribution >= 4 is 12.2 Å². The fraction of sp³-hybridized carbons (Fsp3) is 0.476. The largest absolute Gasteiger partial charge is 0.474 e. The van der Waals surface area contributed by atoms with Gasteiger partial charge in [0.25, 0.3) is 0 Å². The van der Waals surface area contributed by atoms with Crippen molar-refractivity contribution in [2.75, 3.05) is 37.8 Å². The Bertz CT molecular complexity index is 868. The van der Waals surface area contributed by atoms with E-state index in [1.54, 1.807) is 26.1 Å². The van der Waals surface area contributed by atoms with Crippen molar-refractivity contribution < 1.29 is 14.6 Å². The molecule has 1 aromatic heterocycles. The number of ether oxygens (including phenoxy) is 2. The van der Waals surface area contributed by atoms with Gasteiger partial charge in [0.2, 0.25) is 11.8 Å². The summed E-state index contributed by atoms with van der Waals surface area (Å²) in [4.78, 5) is 11.2. The summed E-state index contributed by atoms with van der Waals surface area (Å²) in [7, 11) is 0. The van der Waals surface area contributed by atoms with Crippen molar-refractivity contribution in [1.29, 1.82) is 0 Å². The summed E-state index contributed by atoms with van der Waals surface area (Å²) in [6.45, 7) is 6.20. The van der Waals surface area contributed by atoms with Crippen LogP contribution < -0.4 is 20.4 Å². The number of aromatic nitrogens is 2. The summed E-state index contributed by atoms with van der Waals surface area (Å²) in [5, 5.41) is 17.7. The van der Waals surface area contributed by atoms with Gasteiger partial charge in [0.15, 0.2) is 0 Å². The van der Waals surface area contributed by atoms with Crippen molar-refractivity contribution in [3.63, 3.8) is 0 Å². The molecule has 1 aromatic rings. The number of nitrogens with one attached hydrogen (secondary N) is 2. The summed E-state index contributed by atoms with van der Waals surface area (Å²) in [6, 6.07) is 1.98. The number of nitrogens with zero attached hydrogens (tertiary/aromatic N) is 4. The van der Waals surface area contributed by atoms with Gasteiger partial charge in [-0.05, 0) is 13.8 Å². The third kappa shape index (κ3) is 5.17. The molecule has 30 heavy (non-hydrogen) atoms. The minimum atomic E-state index is -0.958. The van der Waals surface area contributed by atoms with Crippen LogP contribution in [0.5, 0.6) is 5.88 Å². The standard InChI is InChI=1S/C21H28N6O3/c1-21(2,28)14-30-19-11-15(24-20(25-19)27-7-9-29-10-8-27)12-23-26-18-13-22-17-6-4-3-5-16(17)18/h3-6,11-13,16-17,22,26,28H,7-10,14H2,1-2H3/b23-12+. The van der Waals surface area contributed by atoms with Gasteiger partial charge in [-0.1, -0.05) is 24.3 Å². The molecule has 2 aliphatic heterocycles. The molecule has 0 spiro atoms. The quantitative estimate of drug-likeness (QED) is 0.449. The molecule has 9 nitrogen and oxygen atoms in total. The highest BCUT2D eigenvalue weighted by Gasteiger charge is 2.26.